The van der Waals surface area contributed by atoms with Crippen LogP contribution in [-0.2, 0) is 22.9 Å². The average molecular weight is 408 g/mol. The van der Waals surface area contributed by atoms with Gasteiger partial charge in [-0.15, -0.1) is 0 Å². The van der Waals surface area contributed by atoms with Crippen molar-refractivity contribution in [2.75, 3.05) is 0 Å². The number of benzene rings is 1. The van der Waals surface area contributed by atoms with Gasteiger partial charge < -0.3 is 5.11 Å². The van der Waals surface area contributed by atoms with Gasteiger partial charge in [0, 0.05) is 10.8 Å². The van der Waals surface area contributed by atoms with Gasteiger partial charge >= 0.3 is 24.0 Å². The third-order valence-electron chi connectivity index (χ3n) is 3.63. The zero-order valence-corrected chi connectivity index (χ0v) is 14.6. The van der Waals surface area contributed by atoms with Crippen LogP contribution in [0.25, 0.3) is 0 Å². The molecule has 0 spiro atoms. The van der Waals surface area contributed by atoms with Gasteiger partial charge in [0.25, 0.3) is 0 Å². The molecule has 0 aliphatic rings. The Morgan fingerprint density at radius 1 is 1.08 bits per heavy atom. The Labute approximate surface area is 146 Å². The predicted octanol–water partition coefficient (Wildman–Crippen LogP) is 4.75. The van der Waals surface area contributed by atoms with Crippen LogP contribution in [0.5, 0.6) is 0 Å². The summed E-state index contributed by atoms with van der Waals surface area (Å²) in [6, 6.07) is 0.558. The largest absolute Gasteiger partial charge is 0.478 e. The first-order valence-corrected chi connectivity index (χ1v) is 8.45. The van der Waals surface area contributed by atoms with Gasteiger partial charge in [0.15, 0.2) is 0 Å². The highest BCUT2D eigenvalue weighted by atomic mass is 32.2. The van der Waals surface area contributed by atoms with Crippen molar-refractivity contribution < 1.29 is 44.8 Å². The van der Waals surface area contributed by atoms with Crippen molar-refractivity contribution in [3.05, 3.63) is 28.8 Å². The normalized spacial score (nSPS) is 14.6. The van der Waals surface area contributed by atoms with E-state index < -0.39 is 61.6 Å². The van der Waals surface area contributed by atoms with E-state index in [1.807, 2.05) is 0 Å². The van der Waals surface area contributed by atoms with Crippen LogP contribution in [0.1, 0.15) is 42.3 Å². The van der Waals surface area contributed by atoms with Crippen molar-refractivity contribution >= 4 is 16.8 Å². The Morgan fingerprint density at radius 2 is 1.54 bits per heavy atom. The van der Waals surface area contributed by atoms with E-state index in [1.54, 1.807) is 0 Å². The van der Waals surface area contributed by atoms with Crippen molar-refractivity contribution in [2.45, 2.75) is 55.4 Å². The Morgan fingerprint density at radius 3 is 1.85 bits per heavy atom. The van der Waals surface area contributed by atoms with Crippen molar-refractivity contribution in [1.29, 1.82) is 0 Å². The Bertz CT molecular complexity index is 709. The molecular formula is C15H15F7O3S. The van der Waals surface area contributed by atoms with Gasteiger partial charge in [0.05, 0.1) is 21.3 Å². The Balaban J connectivity index is 4.09. The molecule has 148 valence electrons. The van der Waals surface area contributed by atoms with Crippen LogP contribution in [0.4, 0.5) is 30.7 Å². The topological polar surface area (TPSA) is 54.4 Å². The van der Waals surface area contributed by atoms with Gasteiger partial charge in [-0.2, -0.15) is 26.3 Å². The molecule has 0 aliphatic heterocycles. The zero-order valence-electron chi connectivity index (χ0n) is 13.8. The maximum absolute atomic E-state index is 14.5. The fourth-order valence-electron chi connectivity index (χ4n) is 2.38. The van der Waals surface area contributed by atoms with Gasteiger partial charge in [0.2, 0.25) is 0 Å². The number of halogens is 7. The lowest BCUT2D eigenvalue weighted by Crippen LogP contribution is -2.51. The zero-order chi connectivity index (χ0) is 20.7. The number of hydrogen-bond donors (Lipinski definition) is 1. The van der Waals surface area contributed by atoms with E-state index >= 15 is 0 Å². The summed E-state index contributed by atoms with van der Waals surface area (Å²) in [5, 5.41) is 8.14. The average Bonchev–Trinajstić information content (AvgIpc) is 2.49. The van der Waals surface area contributed by atoms with Gasteiger partial charge in [-0.05, 0) is 18.1 Å². The minimum Gasteiger partial charge on any atom is -0.478 e. The molecule has 0 radical (unpaired) electrons. The number of carboxylic acid groups (broad SMARTS) is 1. The molecule has 1 aromatic carbocycles. The number of aromatic carboxylic acids is 1. The third-order valence-corrected chi connectivity index (χ3v) is 5.35. The molecule has 0 saturated carbocycles. The van der Waals surface area contributed by atoms with E-state index in [0.717, 1.165) is 0 Å². The number of hydrogen-bond acceptors (Lipinski definition) is 2. The van der Waals surface area contributed by atoms with Crippen LogP contribution in [0, 0.1) is 0 Å². The quantitative estimate of drug-likeness (QED) is 0.716. The third kappa shape index (κ3) is 3.58. The highest BCUT2D eigenvalue weighted by Gasteiger charge is 2.74. The molecule has 0 heterocycles. The number of rotatable bonds is 5. The maximum Gasteiger partial charge on any atom is 0.435 e. The summed E-state index contributed by atoms with van der Waals surface area (Å²) in [6.07, 6.45) is -13.1. The van der Waals surface area contributed by atoms with Crippen LogP contribution < -0.4 is 0 Å². The lowest BCUT2D eigenvalue weighted by molar-refractivity contribution is -0.349. The number of alkyl halides is 7. The van der Waals surface area contributed by atoms with Crippen LogP contribution in [0.3, 0.4) is 0 Å². The molecule has 11 heteroatoms. The highest BCUT2D eigenvalue weighted by molar-refractivity contribution is 7.85. The second-order valence-corrected chi connectivity index (χ2v) is 7.57. The summed E-state index contributed by atoms with van der Waals surface area (Å²) in [4.78, 5) is 10.2. The molecule has 1 rings (SSSR count). The van der Waals surface area contributed by atoms with Crippen LogP contribution >= 0.6 is 0 Å². The van der Waals surface area contributed by atoms with Crippen LogP contribution in [0.15, 0.2) is 17.0 Å². The summed E-state index contributed by atoms with van der Waals surface area (Å²) in [7, 11) is -2.50. The molecule has 1 N–H and O–H groups in total. The molecule has 26 heavy (non-hydrogen) atoms. The van der Waals surface area contributed by atoms with E-state index in [9.17, 15) is 39.7 Å². The number of carbonyl (C=O) groups is 1. The van der Waals surface area contributed by atoms with Crippen molar-refractivity contribution in [1.82, 2.24) is 0 Å². The molecule has 0 bridgehead atoms. The van der Waals surface area contributed by atoms with Crippen molar-refractivity contribution in [3.8, 4) is 0 Å². The standard InChI is InChI=1S/C15H15F7O3S/c1-4-8-9(12(23)24)5-6-10(11(8)26(25)7(2)3)13(16,14(17,18)19)15(20,21)22/h5-7H,4H2,1-3H3,(H,23,24)/t26-/m1/s1. The second-order valence-electron chi connectivity index (χ2n) is 5.63. The van der Waals surface area contributed by atoms with Crippen molar-refractivity contribution in [2.24, 2.45) is 0 Å². The summed E-state index contributed by atoms with van der Waals surface area (Å²) < 4.78 is 106. The summed E-state index contributed by atoms with van der Waals surface area (Å²) in [5.74, 6) is -1.64. The molecule has 0 unspecified atom stereocenters. The molecule has 0 amide bonds. The fraction of sp³-hybridized carbons (Fsp3) is 0.533. The maximum atomic E-state index is 14.5. The van der Waals surface area contributed by atoms with E-state index in [4.69, 9.17) is 5.11 Å². The monoisotopic (exact) mass is 408 g/mol. The Kier molecular flexibility index (Phi) is 6.17. The van der Waals surface area contributed by atoms with E-state index in [-0.39, 0.29) is 12.5 Å². The Hall–Kier alpha value is -1.65. The number of carboxylic acids is 1. The predicted molar refractivity (Wildman–Crippen MR) is 79.2 cm³/mol. The van der Waals surface area contributed by atoms with Gasteiger partial charge in [-0.1, -0.05) is 26.8 Å². The molecule has 1 aromatic rings. The summed E-state index contributed by atoms with van der Waals surface area (Å²) >= 11 is 0. The lowest BCUT2D eigenvalue weighted by Gasteiger charge is -2.32. The summed E-state index contributed by atoms with van der Waals surface area (Å²) in [5.41, 5.74) is -8.85. The molecular weight excluding hydrogens is 393 g/mol. The minimum atomic E-state index is -6.39. The van der Waals surface area contributed by atoms with Crippen molar-refractivity contribution in [3.63, 3.8) is 0 Å². The summed E-state index contributed by atoms with van der Waals surface area (Å²) in [6.45, 7) is 3.75. The molecule has 0 fully saturated rings. The SMILES string of the molecule is CCc1c(C(=O)O)ccc(C(F)(C(F)(F)F)C(F)(F)F)c1[S@](=O)C(C)C. The molecule has 3 nitrogen and oxygen atoms in total. The molecule has 0 aliphatic carbocycles. The first-order chi connectivity index (χ1) is 11.6. The van der Waals surface area contributed by atoms with E-state index in [2.05, 4.69) is 0 Å². The van der Waals surface area contributed by atoms with E-state index in [1.165, 1.54) is 20.8 Å². The van der Waals surface area contributed by atoms with Gasteiger partial charge in [-0.25, -0.2) is 9.18 Å². The molecule has 1 atom stereocenters. The van der Waals surface area contributed by atoms with Gasteiger partial charge in [0.1, 0.15) is 0 Å². The highest BCUT2D eigenvalue weighted by Crippen LogP contribution is 2.55. The molecule has 0 saturated heterocycles. The fourth-order valence-corrected chi connectivity index (χ4v) is 3.78. The second kappa shape index (κ2) is 7.16. The minimum absolute atomic E-state index is 0.0964. The van der Waals surface area contributed by atoms with Crippen LogP contribution in [0.2, 0.25) is 0 Å². The first-order valence-electron chi connectivity index (χ1n) is 7.23. The lowest BCUT2D eigenvalue weighted by atomic mass is 9.90. The van der Waals surface area contributed by atoms with Crippen LogP contribution in [-0.4, -0.2) is 32.9 Å². The van der Waals surface area contributed by atoms with Gasteiger partial charge in [-0.3, -0.25) is 4.21 Å². The van der Waals surface area contributed by atoms with E-state index in [0.29, 0.717) is 6.07 Å². The molecule has 0 aromatic heterocycles. The first kappa shape index (κ1) is 22.4. The smallest absolute Gasteiger partial charge is 0.435 e.